The Bertz CT molecular complexity index is 1360. The van der Waals surface area contributed by atoms with Crippen molar-refractivity contribution < 1.29 is 9.47 Å². The molecule has 2 aliphatic heterocycles. The maximum absolute atomic E-state index is 6.43. The molecule has 0 unspecified atom stereocenters. The van der Waals surface area contributed by atoms with Crippen LogP contribution in [-0.4, -0.2) is 60.3 Å². The molecule has 0 amide bonds. The van der Waals surface area contributed by atoms with Crippen molar-refractivity contribution in [2.75, 3.05) is 25.0 Å². The second kappa shape index (κ2) is 9.57. The molecular formula is C25H29N9O2. The number of hydrogen-bond acceptors (Lipinski definition) is 9. The molecule has 11 heteroatoms. The van der Waals surface area contributed by atoms with E-state index < -0.39 is 0 Å². The number of aryl methyl sites for hydroxylation is 1. The van der Waals surface area contributed by atoms with Crippen LogP contribution in [-0.2, 0) is 7.05 Å². The minimum Gasteiger partial charge on any atom is -0.490 e. The van der Waals surface area contributed by atoms with Crippen LogP contribution in [0.1, 0.15) is 32.2 Å². The largest absolute Gasteiger partial charge is 0.490 e. The molecule has 2 N–H and O–H groups in total. The van der Waals surface area contributed by atoms with Crippen LogP contribution in [0.5, 0.6) is 11.6 Å². The van der Waals surface area contributed by atoms with Crippen molar-refractivity contribution in [3.8, 4) is 34.1 Å². The summed E-state index contributed by atoms with van der Waals surface area (Å²) in [7, 11) is 1.84. The van der Waals surface area contributed by atoms with Crippen molar-refractivity contribution in [1.29, 1.82) is 0 Å². The molecule has 6 rings (SSSR count). The van der Waals surface area contributed by atoms with Gasteiger partial charge < -0.3 is 20.1 Å². The van der Waals surface area contributed by atoms with Gasteiger partial charge in [0, 0.05) is 49.3 Å². The van der Waals surface area contributed by atoms with Gasteiger partial charge in [0.15, 0.2) is 5.82 Å². The Morgan fingerprint density at radius 1 is 1.00 bits per heavy atom. The minimum atomic E-state index is -0.0906. The van der Waals surface area contributed by atoms with Gasteiger partial charge in [0.05, 0.1) is 31.1 Å². The van der Waals surface area contributed by atoms with Gasteiger partial charge in [-0.25, -0.2) is 19.6 Å². The summed E-state index contributed by atoms with van der Waals surface area (Å²) in [5, 5.41) is 15.7. The Hall–Kier alpha value is -3.99. The van der Waals surface area contributed by atoms with Gasteiger partial charge in [-0.3, -0.25) is 4.68 Å². The van der Waals surface area contributed by atoms with Crippen LogP contribution in [0.4, 0.5) is 11.6 Å². The molecule has 0 spiro atoms. The monoisotopic (exact) mass is 487 g/mol. The van der Waals surface area contributed by atoms with E-state index in [0.29, 0.717) is 42.4 Å². The number of ether oxygens (including phenoxy) is 2. The van der Waals surface area contributed by atoms with E-state index in [0.717, 1.165) is 48.4 Å². The zero-order valence-electron chi connectivity index (χ0n) is 20.4. The Morgan fingerprint density at radius 3 is 2.78 bits per heavy atom. The van der Waals surface area contributed by atoms with Crippen LogP contribution in [0.2, 0.25) is 0 Å². The lowest BCUT2D eigenvalue weighted by molar-refractivity contribution is 0.173. The fourth-order valence-electron chi connectivity index (χ4n) is 4.60. The van der Waals surface area contributed by atoms with Crippen LogP contribution >= 0.6 is 0 Å². The standard InChI is InChI=1S/C25H29N9O2/c1-16-6-10-35-25-20(14-29-33(25)2)24-27-9-5-22(32-24)31-23-11-21(36-16)19(13-28-23)17-12-30-34(15-17)18-3-7-26-8-4-18/h5,9,11-16,18,26H,3-4,6-8,10H2,1-2H3,(H,27,28,31,32)/t16-/m0/s1. The molecule has 36 heavy (non-hydrogen) atoms. The van der Waals surface area contributed by atoms with Gasteiger partial charge in [0.25, 0.3) is 0 Å². The average molecular weight is 488 g/mol. The Kier molecular flexibility index (Phi) is 5.98. The Morgan fingerprint density at radius 2 is 1.89 bits per heavy atom. The first-order valence-electron chi connectivity index (χ1n) is 12.3. The quantitative estimate of drug-likeness (QED) is 0.439. The molecular weight excluding hydrogens is 458 g/mol. The average Bonchev–Trinajstić information content (AvgIpc) is 3.52. The maximum Gasteiger partial charge on any atom is 0.222 e. The van der Waals surface area contributed by atoms with Crippen molar-refractivity contribution >= 4 is 11.6 Å². The van der Waals surface area contributed by atoms with Crippen molar-refractivity contribution in [2.24, 2.45) is 7.05 Å². The van der Waals surface area contributed by atoms with Gasteiger partial charge in [-0.15, -0.1) is 0 Å². The number of anilines is 2. The molecule has 0 saturated carbocycles. The van der Waals surface area contributed by atoms with Crippen molar-refractivity contribution in [2.45, 2.75) is 38.3 Å². The van der Waals surface area contributed by atoms with E-state index in [9.17, 15) is 0 Å². The topological polar surface area (TPSA) is 117 Å². The molecule has 186 valence electrons. The summed E-state index contributed by atoms with van der Waals surface area (Å²) in [6, 6.07) is 4.12. The second-order valence-electron chi connectivity index (χ2n) is 9.20. The molecule has 6 heterocycles. The Balaban J connectivity index is 1.35. The molecule has 4 aromatic rings. The third-order valence-electron chi connectivity index (χ3n) is 6.59. The molecule has 2 aliphatic rings. The maximum atomic E-state index is 6.43. The molecule has 0 aromatic carbocycles. The van der Waals surface area contributed by atoms with Gasteiger partial charge in [-0.05, 0) is 38.9 Å². The lowest BCUT2D eigenvalue weighted by atomic mass is 10.1. The zero-order chi connectivity index (χ0) is 24.5. The first-order valence-corrected chi connectivity index (χ1v) is 12.3. The second-order valence-corrected chi connectivity index (χ2v) is 9.20. The molecule has 11 nitrogen and oxygen atoms in total. The van der Waals surface area contributed by atoms with E-state index in [1.54, 1.807) is 23.1 Å². The summed E-state index contributed by atoms with van der Waals surface area (Å²) < 4.78 is 16.3. The summed E-state index contributed by atoms with van der Waals surface area (Å²) in [5.74, 6) is 3.14. The van der Waals surface area contributed by atoms with Crippen LogP contribution in [0.25, 0.3) is 22.5 Å². The minimum absolute atomic E-state index is 0.0906. The van der Waals surface area contributed by atoms with Gasteiger partial charge in [0.1, 0.15) is 22.9 Å². The van der Waals surface area contributed by atoms with E-state index in [1.165, 1.54) is 0 Å². The predicted octanol–water partition coefficient (Wildman–Crippen LogP) is 3.35. The summed E-state index contributed by atoms with van der Waals surface area (Å²) in [4.78, 5) is 13.8. The first-order chi connectivity index (χ1) is 17.6. The van der Waals surface area contributed by atoms with Gasteiger partial charge >= 0.3 is 0 Å². The van der Waals surface area contributed by atoms with E-state index in [-0.39, 0.29) is 6.10 Å². The van der Waals surface area contributed by atoms with Crippen LogP contribution in [0.15, 0.2) is 43.1 Å². The summed E-state index contributed by atoms with van der Waals surface area (Å²) >= 11 is 0. The van der Waals surface area contributed by atoms with E-state index >= 15 is 0 Å². The molecule has 1 fully saturated rings. The smallest absolute Gasteiger partial charge is 0.222 e. The highest BCUT2D eigenvalue weighted by molar-refractivity contribution is 5.71. The summed E-state index contributed by atoms with van der Waals surface area (Å²) in [6.07, 6.45) is 12.0. The SMILES string of the molecule is C[C@H]1CCOc2c(cnn2C)-c2nccc(n2)Nc2cc(c(-c3cnn(C4CCNCC4)c3)cn2)O1. The number of rotatable bonds is 2. The molecule has 4 bridgehead atoms. The third-order valence-corrected chi connectivity index (χ3v) is 6.59. The lowest BCUT2D eigenvalue weighted by Gasteiger charge is -2.22. The van der Waals surface area contributed by atoms with E-state index in [4.69, 9.17) is 9.47 Å². The number of fused-ring (bicyclic) bond motifs is 6. The number of piperidine rings is 1. The number of pyridine rings is 1. The zero-order valence-corrected chi connectivity index (χ0v) is 20.4. The number of hydrogen-bond donors (Lipinski definition) is 2. The number of nitrogens with one attached hydrogen (secondary N) is 2. The number of aromatic nitrogens is 7. The van der Waals surface area contributed by atoms with Crippen molar-refractivity contribution in [1.82, 2.24) is 39.8 Å². The number of nitrogens with zero attached hydrogens (tertiary/aromatic N) is 7. The third kappa shape index (κ3) is 4.49. The van der Waals surface area contributed by atoms with Gasteiger partial charge in [-0.2, -0.15) is 10.2 Å². The normalized spacial score (nSPS) is 18.3. The fraction of sp³-hybridized carbons (Fsp3) is 0.400. The van der Waals surface area contributed by atoms with Crippen molar-refractivity contribution in [3.63, 3.8) is 0 Å². The summed E-state index contributed by atoms with van der Waals surface area (Å²) in [5.41, 5.74) is 2.62. The van der Waals surface area contributed by atoms with E-state index in [1.807, 2.05) is 32.4 Å². The Labute approximate surface area is 208 Å². The molecule has 4 aromatic heterocycles. The molecule has 0 aliphatic carbocycles. The van der Waals surface area contributed by atoms with Crippen LogP contribution < -0.4 is 20.1 Å². The van der Waals surface area contributed by atoms with E-state index in [2.05, 4.69) is 46.7 Å². The van der Waals surface area contributed by atoms with Crippen molar-refractivity contribution in [3.05, 3.63) is 43.1 Å². The fourth-order valence-corrected chi connectivity index (χ4v) is 4.60. The highest BCUT2D eigenvalue weighted by atomic mass is 16.5. The van der Waals surface area contributed by atoms with Gasteiger partial charge in [-0.1, -0.05) is 0 Å². The molecule has 1 saturated heterocycles. The summed E-state index contributed by atoms with van der Waals surface area (Å²) in [6.45, 7) is 4.54. The highest BCUT2D eigenvalue weighted by Crippen LogP contribution is 2.35. The predicted molar refractivity (Wildman–Crippen MR) is 134 cm³/mol. The highest BCUT2D eigenvalue weighted by Gasteiger charge is 2.20. The molecule has 0 radical (unpaired) electrons. The van der Waals surface area contributed by atoms with Crippen LogP contribution in [0.3, 0.4) is 0 Å². The molecule has 1 atom stereocenters. The lowest BCUT2D eigenvalue weighted by Crippen LogP contribution is -2.29. The van der Waals surface area contributed by atoms with Crippen LogP contribution in [0, 0.1) is 0 Å². The van der Waals surface area contributed by atoms with Gasteiger partial charge in [0.2, 0.25) is 5.88 Å². The first kappa shape index (κ1) is 22.5.